The molecular weight excluding hydrogens is 669 g/mol. The minimum absolute atomic E-state index is 0.641. The van der Waals surface area contributed by atoms with E-state index in [2.05, 4.69) is 180 Å². The molecule has 0 radical (unpaired) electrons. The van der Waals surface area contributed by atoms with Gasteiger partial charge in [-0.05, 0) is 73.8 Å². The van der Waals surface area contributed by atoms with Gasteiger partial charge in [0, 0.05) is 33.2 Å². The second-order valence-electron chi connectivity index (χ2n) is 14.0. The van der Waals surface area contributed by atoms with Crippen LogP contribution in [0.25, 0.3) is 105 Å². The molecule has 0 spiro atoms. The van der Waals surface area contributed by atoms with Crippen molar-refractivity contribution in [1.82, 2.24) is 19.5 Å². The van der Waals surface area contributed by atoms with Crippen LogP contribution < -0.4 is 0 Å². The highest BCUT2D eigenvalue weighted by molar-refractivity contribution is 6.21. The minimum Gasteiger partial charge on any atom is -0.309 e. The number of hydrogen-bond acceptors (Lipinski definition) is 3. The molecule has 0 amide bonds. The number of fused-ring (bicyclic) bond motifs is 8. The van der Waals surface area contributed by atoms with Crippen LogP contribution in [-0.4, -0.2) is 19.5 Å². The van der Waals surface area contributed by atoms with Gasteiger partial charge in [0.05, 0.1) is 11.0 Å². The van der Waals surface area contributed by atoms with Gasteiger partial charge in [0.1, 0.15) is 0 Å². The summed E-state index contributed by atoms with van der Waals surface area (Å²) in [6, 6.07) is 68.7. The maximum absolute atomic E-state index is 5.14. The first-order valence-electron chi connectivity index (χ1n) is 18.6. The van der Waals surface area contributed by atoms with Gasteiger partial charge in [-0.15, -0.1) is 0 Å². The fraction of sp³-hybridized carbons (Fsp3) is 0. The van der Waals surface area contributed by atoms with Crippen LogP contribution in [0.15, 0.2) is 194 Å². The molecule has 0 N–H and O–H groups in total. The van der Waals surface area contributed by atoms with Crippen molar-refractivity contribution in [3.05, 3.63) is 194 Å². The number of aromatic nitrogens is 4. The zero-order chi connectivity index (χ0) is 36.3. The SMILES string of the molecule is c1ccc(-c2nc(-c3ccc(-c4ccc(-n5c6ccccc6c6c7ccccc7ccc65)cc4)cc3)nc(-c3cc4ccccc4c4ccccc34)n2)cc1. The lowest BCUT2D eigenvalue weighted by molar-refractivity contribution is 1.08. The Labute approximate surface area is 317 Å². The second kappa shape index (κ2) is 12.6. The van der Waals surface area contributed by atoms with Gasteiger partial charge < -0.3 is 4.57 Å². The van der Waals surface area contributed by atoms with E-state index in [0.29, 0.717) is 17.5 Å². The lowest BCUT2D eigenvalue weighted by Crippen LogP contribution is -2.00. The largest absolute Gasteiger partial charge is 0.309 e. The third kappa shape index (κ3) is 5.19. The summed E-state index contributed by atoms with van der Waals surface area (Å²) in [5.41, 5.74) is 8.69. The maximum Gasteiger partial charge on any atom is 0.164 e. The summed E-state index contributed by atoms with van der Waals surface area (Å²) in [7, 11) is 0. The molecule has 0 aliphatic heterocycles. The number of benzene rings is 9. The van der Waals surface area contributed by atoms with Crippen molar-refractivity contribution in [2.45, 2.75) is 0 Å². The Kier molecular flexibility index (Phi) is 7.14. The monoisotopic (exact) mass is 700 g/mol. The van der Waals surface area contributed by atoms with Crippen molar-refractivity contribution in [2.24, 2.45) is 0 Å². The highest BCUT2D eigenvalue weighted by Crippen LogP contribution is 2.38. The Morgan fingerprint density at radius 1 is 0.309 bits per heavy atom. The van der Waals surface area contributed by atoms with E-state index < -0.39 is 0 Å². The van der Waals surface area contributed by atoms with Crippen molar-refractivity contribution < 1.29 is 0 Å². The molecule has 0 aliphatic rings. The van der Waals surface area contributed by atoms with Crippen LogP contribution in [0.5, 0.6) is 0 Å². The molecule has 55 heavy (non-hydrogen) atoms. The lowest BCUT2D eigenvalue weighted by atomic mass is 9.97. The average Bonchev–Trinajstić information content (AvgIpc) is 3.61. The van der Waals surface area contributed by atoms with Crippen LogP contribution >= 0.6 is 0 Å². The molecule has 0 unspecified atom stereocenters. The third-order valence-electron chi connectivity index (χ3n) is 10.8. The Morgan fingerprint density at radius 3 is 1.58 bits per heavy atom. The summed E-state index contributed by atoms with van der Waals surface area (Å²) in [5, 5.41) is 9.75. The molecule has 4 nitrogen and oxygen atoms in total. The Morgan fingerprint density at radius 2 is 0.836 bits per heavy atom. The molecule has 4 heteroatoms. The average molecular weight is 701 g/mol. The molecule has 0 atom stereocenters. The molecule has 0 saturated carbocycles. The number of rotatable bonds is 5. The number of nitrogens with zero attached hydrogens (tertiary/aromatic N) is 4. The molecular formula is C51H32N4. The van der Waals surface area contributed by atoms with Gasteiger partial charge in [-0.25, -0.2) is 15.0 Å². The molecule has 0 fully saturated rings. The summed E-state index contributed by atoms with van der Waals surface area (Å²) in [5.74, 6) is 1.95. The Balaban J connectivity index is 0.989. The lowest BCUT2D eigenvalue weighted by Gasteiger charge is -2.13. The van der Waals surface area contributed by atoms with Crippen molar-refractivity contribution in [1.29, 1.82) is 0 Å². The van der Waals surface area contributed by atoms with Gasteiger partial charge in [0.15, 0.2) is 17.5 Å². The van der Waals surface area contributed by atoms with Crippen LogP contribution in [-0.2, 0) is 0 Å². The van der Waals surface area contributed by atoms with Gasteiger partial charge in [-0.1, -0.05) is 164 Å². The first kappa shape index (κ1) is 31.1. The molecule has 0 bridgehead atoms. The van der Waals surface area contributed by atoms with E-state index in [0.717, 1.165) is 44.3 Å². The summed E-state index contributed by atoms with van der Waals surface area (Å²) in [6.45, 7) is 0. The highest BCUT2D eigenvalue weighted by Gasteiger charge is 2.17. The summed E-state index contributed by atoms with van der Waals surface area (Å²) < 4.78 is 2.38. The quantitative estimate of drug-likeness (QED) is 0.168. The summed E-state index contributed by atoms with van der Waals surface area (Å²) in [4.78, 5) is 15.2. The first-order valence-corrected chi connectivity index (χ1v) is 18.6. The zero-order valence-corrected chi connectivity index (χ0v) is 29.8. The van der Waals surface area contributed by atoms with Gasteiger partial charge >= 0.3 is 0 Å². The summed E-state index contributed by atoms with van der Waals surface area (Å²) in [6.07, 6.45) is 0. The van der Waals surface area contributed by atoms with Crippen LogP contribution in [0.1, 0.15) is 0 Å². The van der Waals surface area contributed by atoms with Crippen molar-refractivity contribution in [3.8, 4) is 51.0 Å². The molecule has 0 saturated heterocycles. The van der Waals surface area contributed by atoms with Crippen molar-refractivity contribution in [2.75, 3.05) is 0 Å². The molecule has 11 aromatic rings. The van der Waals surface area contributed by atoms with Crippen LogP contribution in [0, 0.1) is 0 Å². The van der Waals surface area contributed by atoms with E-state index in [-0.39, 0.29) is 0 Å². The van der Waals surface area contributed by atoms with E-state index in [1.54, 1.807) is 0 Å². The molecule has 9 aromatic carbocycles. The van der Waals surface area contributed by atoms with Gasteiger partial charge in [-0.2, -0.15) is 0 Å². The number of para-hydroxylation sites is 1. The molecule has 2 heterocycles. The predicted molar refractivity (Wildman–Crippen MR) is 228 cm³/mol. The number of hydrogen-bond donors (Lipinski definition) is 0. The van der Waals surface area contributed by atoms with E-state index in [1.165, 1.54) is 43.4 Å². The Hall–Kier alpha value is -7.43. The Bertz CT molecular complexity index is 3240. The third-order valence-corrected chi connectivity index (χ3v) is 10.8. The molecule has 256 valence electrons. The standard InChI is InChI=1S/C51H32N4/c1-2-13-36(14-3-1)49-52-50(54-51(53-49)45-32-38-15-5-6-16-40(38)42-18-8-9-19-43(42)45)37-24-22-33(23-25-37)34-26-29-39(30-27-34)55-46-21-11-10-20-44(46)48-41-17-7-4-12-35(41)28-31-47(48)55/h1-32H. The molecule has 11 rings (SSSR count). The zero-order valence-electron chi connectivity index (χ0n) is 29.8. The van der Waals surface area contributed by atoms with Crippen molar-refractivity contribution >= 4 is 54.1 Å². The van der Waals surface area contributed by atoms with Gasteiger partial charge in [0.2, 0.25) is 0 Å². The predicted octanol–water partition coefficient (Wildman–Crippen LogP) is 13.1. The van der Waals surface area contributed by atoms with Crippen LogP contribution in [0.2, 0.25) is 0 Å². The first-order chi connectivity index (χ1) is 27.3. The fourth-order valence-corrected chi connectivity index (χ4v) is 8.21. The smallest absolute Gasteiger partial charge is 0.164 e. The topological polar surface area (TPSA) is 43.6 Å². The van der Waals surface area contributed by atoms with E-state index in [1.807, 2.05) is 18.2 Å². The van der Waals surface area contributed by atoms with E-state index in [4.69, 9.17) is 15.0 Å². The van der Waals surface area contributed by atoms with Crippen LogP contribution in [0.4, 0.5) is 0 Å². The van der Waals surface area contributed by atoms with E-state index in [9.17, 15) is 0 Å². The minimum atomic E-state index is 0.641. The van der Waals surface area contributed by atoms with E-state index >= 15 is 0 Å². The van der Waals surface area contributed by atoms with Gasteiger partial charge in [0.25, 0.3) is 0 Å². The second-order valence-corrected chi connectivity index (χ2v) is 14.0. The van der Waals surface area contributed by atoms with Gasteiger partial charge in [-0.3, -0.25) is 0 Å². The van der Waals surface area contributed by atoms with Crippen LogP contribution in [0.3, 0.4) is 0 Å². The maximum atomic E-state index is 5.14. The summed E-state index contributed by atoms with van der Waals surface area (Å²) >= 11 is 0. The highest BCUT2D eigenvalue weighted by atomic mass is 15.0. The molecule has 0 aliphatic carbocycles. The fourth-order valence-electron chi connectivity index (χ4n) is 8.21. The molecule has 2 aromatic heterocycles. The van der Waals surface area contributed by atoms with Crippen molar-refractivity contribution in [3.63, 3.8) is 0 Å². The normalized spacial score (nSPS) is 11.6.